The van der Waals surface area contributed by atoms with E-state index in [1.54, 1.807) is 0 Å². The fourth-order valence-electron chi connectivity index (χ4n) is 1.79. The van der Waals surface area contributed by atoms with Gasteiger partial charge in [0.15, 0.2) is 0 Å². The quantitative estimate of drug-likeness (QED) is 0.805. The van der Waals surface area contributed by atoms with E-state index in [9.17, 15) is 0 Å². The van der Waals surface area contributed by atoms with Crippen molar-refractivity contribution in [3.63, 3.8) is 0 Å². The summed E-state index contributed by atoms with van der Waals surface area (Å²) in [5.74, 6) is 2.50. The van der Waals surface area contributed by atoms with Crippen molar-refractivity contribution in [3.8, 4) is 0 Å². The first kappa shape index (κ1) is 14.0. The smallest absolute Gasteiger partial charge is 0.139 e. The monoisotopic (exact) mass is 368 g/mol. The molecule has 0 unspecified atom stereocenters. The summed E-state index contributed by atoms with van der Waals surface area (Å²) >= 11 is 2.30. The molecule has 0 saturated heterocycles. The molecule has 2 N–H and O–H groups in total. The summed E-state index contributed by atoms with van der Waals surface area (Å²) in [6.07, 6.45) is 0. The van der Waals surface area contributed by atoms with Crippen LogP contribution < -0.4 is 10.6 Å². The van der Waals surface area contributed by atoms with Gasteiger partial charge in [0.25, 0.3) is 0 Å². The molecule has 1 aromatic carbocycles. The van der Waals surface area contributed by atoms with Crippen molar-refractivity contribution in [2.24, 2.45) is 0 Å². The van der Waals surface area contributed by atoms with E-state index in [1.807, 2.05) is 26.0 Å². The number of aromatic nitrogens is 2. The van der Waals surface area contributed by atoms with Gasteiger partial charge in [-0.3, -0.25) is 0 Å². The van der Waals surface area contributed by atoms with Gasteiger partial charge in [0.1, 0.15) is 17.5 Å². The van der Waals surface area contributed by atoms with Crippen molar-refractivity contribution in [1.29, 1.82) is 0 Å². The molecule has 2 aromatic rings. The van der Waals surface area contributed by atoms with Crippen LogP contribution in [0.2, 0.25) is 0 Å². The van der Waals surface area contributed by atoms with Crippen LogP contribution in [0.3, 0.4) is 0 Å². The molecule has 100 valence electrons. The van der Waals surface area contributed by atoms with E-state index in [0.29, 0.717) is 0 Å². The lowest BCUT2D eigenvalue weighted by Crippen LogP contribution is -2.07. The Bertz CT molecular complexity index is 584. The van der Waals surface area contributed by atoms with Crippen LogP contribution in [0.4, 0.5) is 17.3 Å². The van der Waals surface area contributed by atoms with E-state index in [2.05, 4.69) is 62.2 Å². The lowest BCUT2D eigenvalue weighted by molar-refractivity contribution is 1.02. The van der Waals surface area contributed by atoms with Gasteiger partial charge < -0.3 is 10.6 Å². The summed E-state index contributed by atoms with van der Waals surface area (Å²) in [6.45, 7) is 6.83. The molecule has 2 rings (SSSR count). The summed E-state index contributed by atoms with van der Waals surface area (Å²) in [5, 5.41) is 6.62. The fraction of sp³-hybridized carbons (Fsp3) is 0.286. The Labute approximate surface area is 127 Å². The molecule has 0 spiro atoms. The van der Waals surface area contributed by atoms with Crippen LogP contribution in [0.15, 0.2) is 24.3 Å². The van der Waals surface area contributed by atoms with Gasteiger partial charge in [-0.15, -0.1) is 0 Å². The van der Waals surface area contributed by atoms with Gasteiger partial charge in [0.2, 0.25) is 0 Å². The largest absolute Gasteiger partial charge is 0.370 e. The second-order valence-corrected chi connectivity index (χ2v) is 5.50. The van der Waals surface area contributed by atoms with Gasteiger partial charge in [-0.25, -0.2) is 9.97 Å². The average molecular weight is 368 g/mol. The van der Waals surface area contributed by atoms with Crippen molar-refractivity contribution in [2.45, 2.75) is 20.8 Å². The highest BCUT2D eigenvalue weighted by Gasteiger charge is 2.08. The molecule has 0 aliphatic rings. The first-order valence-electron chi connectivity index (χ1n) is 6.22. The Morgan fingerprint density at radius 3 is 2.58 bits per heavy atom. The van der Waals surface area contributed by atoms with E-state index in [1.165, 1.54) is 3.57 Å². The molecule has 0 aliphatic heterocycles. The molecular weight excluding hydrogens is 351 g/mol. The maximum Gasteiger partial charge on any atom is 0.139 e. The molecule has 0 saturated carbocycles. The van der Waals surface area contributed by atoms with Crippen LogP contribution in [-0.4, -0.2) is 16.5 Å². The lowest BCUT2D eigenvalue weighted by atomic mass is 10.2. The van der Waals surface area contributed by atoms with Gasteiger partial charge >= 0.3 is 0 Å². The Morgan fingerprint density at radius 1 is 1.16 bits per heavy atom. The second-order valence-electron chi connectivity index (χ2n) is 4.26. The van der Waals surface area contributed by atoms with Gasteiger partial charge in [-0.05, 0) is 61.6 Å². The zero-order valence-electron chi connectivity index (χ0n) is 11.3. The average Bonchev–Trinajstić information content (AvgIpc) is 2.35. The molecule has 19 heavy (non-hydrogen) atoms. The topological polar surface area (TPSA) is 49.8 Å². The summed E-state index contributed by atoms with van der Waals surface area (Å²) in [5.41, 5.74) is 2.07. The molecule has 0 fully saturated rings. The van der Waals surface area contributed by atoms with E-state index in [0.717, 1.165) is 35.3 Å². The maximum absolute atomic E-state index is 4.48. The van der Waals surface area contributed by atoms with Crippen molar-refractivity contribution < 1.29 is 0 Å². The Morgan fingerprint density at radius 2 is 1.89 bits per heavy atom. The number of hydrogen-bond acceptors (Lipinski definition) is 4. The molecule has 1 aromatic heterocycles. The highest BCUT2D eigenvalue weighted by molar-refractivity contribution is 14.1. The number of halogens is 1. The first-order chi connectivity index (χ1) is 9.10. The summed E-state index contributed by atoms with van der Waals surface area (Å²) in [7, 11) is 0. The zero-order valence-corrected chi connectivity index (χ0v) is 13.4. The molecule has 0 radical (unpaired) electrons. The van der Waals surface area contributed by atoms with Gasteiger partial charge in [0, 0.05) is 21.4 Å². The number of benzene rings is 1. The highest BCUT2D eigenvalue weighted by atomic mass is 127. The van der Waals surface area contributed by atoms with Gasteiger partial charge in [-0.1, -0.05) is 6.07 Å². The molecule has 0 atom stereocenters. The van der Waals surface area contributed by atoms with Crippen LogP contribution in [0.25, 0.3) is 0 Å². The Hall–Kier alpha value is -1.37. The molecule has 0 amide bonds. The van der Waals surface area contributed by atoms with Crippen LogP contribution in [0.1, 0.15) is 18.3 Å². The number of nitrogens with zero attached hydrogens (tertiary/aromatic N) is 2. The highest BCUT2D eigenvalue weighted by Crippen LogP contribution is 2.24. The minimum absolute atomic E-state index is 0.759. The third-order valence-electron chi connectivity index (χ3n) is 2.69. The van der Waals surface area contributed by atoms with Crippen molar-refractivity contribution in [3.05, 3.63) is 39.2 Å². The van der Waals surface area contributed by atoms with Crippen molar-refractivity contribution in [2.75, 3.05) is 17.2 Å². The number of rotatable bonds is 4. The maximum atomic E-state index is 4.48. The first-order valence-corrected chi connectivity index (χ1v) is 7.29. The fourth-order valence-corrected chi connectivity index (χ4v) is 2.34. The summed E-state index contributed by atoms with van der Waals surface area (Å²) in [6, 6.07) is 8.21. The normalized spacial score (nSPS) is 10.3. The predicted molar refractivity (Wildman–Crippen MR) is 88.1 cm³/mol. The Kier molecular flexibility index (Phi) is 4.57. The molecule has 1 heterocycles. The molecule has 0 aliphatic carbocycles. The van der Waals surface area contributed by atoms with Crippen LogP contribution in [-0.2, 0) is 0 Å². The zero-order chi connectivity index (χ0) is 13.8. The number of nitrogens with one attached hydrogen (secondary N) is 2. The number of aryl methyl sites for hydroxylation is 1. The molecular formula is C14H17IN4. The van der Waals surface area contributed by atoms with Crippen LogP contribution >= 0.6 is 22.6 Å². The molecule has 5 heteroatoms. The minimum atomic E-state index is 0.759. The summed E-state index contributed by atoms with van der Waals surface area (Å²) in [4.78, 5) is 8.89. The van der Waals surface area contributed by atoms with Crippen molar-refractivity contribution in [1.82, 2.24) is 9.97 Å². The van der Waals surface area contributed by atoms with E-state index in [4.69, 9.17) is 0 Å². The molecule has 4 nitrogen and oxygen atoms in total. The number of hydrogen-bond donors (Lipinski definition) is 2. The van der Waals surface area contributed by atoms with Crippen LogP contribution in [0.5, 0.6) is 0 Å². The van der Waals surface area contributed by atoms with Crippen molar-refractivity contribution >= 4 is 39.9 Å². The SMILES string of the molecule is CCNc1nc(C)nc(Nc2cccc(I)c2)c1C. The van der Waals surface area contributed by atoms with Crippen LogP contribution in [0, 0.1) is 17.4 Å². The second kappa shape index (κ2) is 6.18. The third kappa shape index (κ3) is 3.56. The Balaban J connectivity index is 2.34. The molecule has 0 bridgehead atoms. The van der Waals surface area contributed by atoms with E-state index < -0.39 is 0 Å². The minimum Gasteiger partial charge on any atom is -0.370 e. The van der Waals surface area contributed by atoms with E-state index in [-0.39, 0.29) is 0 Å². The summed E-state index contributed by atoms with van der Waals surface area (Å²) < 4.78 is 1.19. The lowest BCUT2D eigenvalue weighted by Gasteiger charge is -2.13. The van der Waals surface area contributed by atoms with Gasteiger partial charge in [0.05, 0.1) is 0 Å². The van der Waals surface area contributed by atoms with Gasteiger partial charge in [-0.2, -0.15) is 0 Å². The predicted octanol–water partition coefficient (Wildman–Crippen LogP) is 3.87. The third-order valence-corrected chi connectivity index (χ3v) is 3.36. The number of anilines is 3. The van der Waals surface area contributed by atoms with E-state index >= 15 is 0 Å². The standard InChI is InChI=1S/C14H17IN4/c1-4-16-13-9(2)14(18-10(3)17-13)19-12-7-5-6-11(15)8-12/h5-8H,4H2,1-3H3,(H2,16,17,18,19).